The lowest BCUT2D eigenvalue weighted by molar-refractivity contribution is 0.0934. The maximum absolute atomic E-state index is 13.2. The van der Waals surface area contributed by atoms with Gasteiger partial charge in [-0.05, 0) is 50.1 Å². The van der Waals surface area contributed by atoms with E-state index in [2.05, 4.69) is 25.1 Å². The molecule has 0 bridgehead atoms. The monoisotopic (exact) mass is 416 g/mol. The fraction of sp³-hybridized carbons (Fsp3) is 0.304. The quantitative estimate of drug-likeness (QED) is 0.535. The molecular weight excluding hydrogens is 392 g/mol. The van der Waals surface area contributed by atoms with Gasteiger partial charge in [0.1, 0.15) is 11.6 Å². The van der Waals surface area contributed by atoms with Crippen LogP contribution < -0.4 is 5.32 Å². The Morgan fingerprint density at radius 1 is 1.16 bits per heavy atom. The van der Waals surface area contributed by atoms with Crippen molar-refractivity contribution in [2.75, 3.05) is 0 Å². The molecule has 1 aliphatic rings. The second kappa shape index (κ2) is 7.54. The van der Waals surface area contributed by atoms with Crippen LogP contribution in [0.5, 0.6) is 5.75 Å². The summed E-state index contributed by atoms with van der Waals surface area (Å²) < 4.78 is 4.13. The van der Waals surface area contributed by atoms with Gasteiger partial charge in [0.2, 0.25) is 0 Å². The number of nitrogens with one attached hydrogen (secondary N) is 1. The average Bonchev–Trinajstić information content (AvgIpc) is 3.21. The van der Waals surface area contributed by atoms with Gasteiger partial charge in [-0.2, -0.15) is 0 Å². The van der Waals surface area contributed by atoms with E-state index >= 15 is 0 Å². The summed E-state index contributed by atoms with van der Waals surface area (Å²) in [5.41, 5.74) is 3.41. The van der Waals surface area contributed by atoms with Crippen LogP contribution in [0.15, 0.2) is 42.7 Å². The first kappa shape index (κ1) is 19.3. The molecule has 1 aromatic carbocycles. The Balaban J connectivity index is 1.37. The van der Waals surface area contributed by atoms with Crippen molar-refractivity contribution < 1.29 is 9.90 Å². The van der Waals surface area contributed by atoms with Crippen LogP contribution in [0.25, 0.3) is 22.3 Å². The van der Waals surface area contributed by atoms with Gasteiger partial charge in [-0.15, -0.1) is 10.2 Å². The number of hydrogen-bond acceptors (Lipinski definition) is 5. The Labute approximate surface area is 179 Å². The number of benzene rings is 1. The minimum atomic E-state index is -0.106. The van der Waals surface area contributed by atoms with Gasteiger partial charge in [0.05, 0.1) is 5.56 Å². The average molecular weight is 416 g/mol. The molecule has 8 nitrogen and oxygen atoms in total. The molecule has 0 saturated heterocycles. The van der Waals surface area contributed by atoms with E-state index in [9.17, 15) is 9.90 Å². The number of aromatic nitrogens is 5. The van der Waals surface area contributed by atoms with Crippen molar-refractivity contribution in [3.8, 4) is 17.1 Å². The van der Waals surface area contributed by atoms with Gasteiger partial charge >= 0.3 is 0 Å². The molecule has 1 aliphatic heterocycles. The molecule has 0 aliphatic carbocycles. The molecule has 0 spiro atoms. The minimum Gasteiger partial charge on any atom is -0.508 e. The number of phenols is 1. The lowest BCUT2D eigenvalue weighted by atomic mass is 10.1. The molecule has 3 aromatic heterocycles. The summed E-state index contributed by atoms with van der Waals surface area (Å²) in [6.45, 7) is 2.67. The van der Waals surface area contributed by atoms with Gasteiger partial charge in [0.25, 0.3) is 5.91 Å². The summed E-state index contributed by atoms with van der Waals surface area (Å²) >= 11 is 0. The molecular formula is C23H24N6O2. The van der Waals surface area contributed by atoms with Gasteiger partial charge in [0, 0.05) is 60.6 Å². The van der Waals surface area contributed by atoms with E-state index in [0.717, 1.165) is 59.6 Å². The molecule has 5 rings (SSSR count). The number of pyridine rings is 1. The van der Waals surface area contributed by atoms with Crippen molar-refractivity contribution in [2.24, 2.45) is 7.05 Å². The number of hydrogen-bond donors (Lipinski definition) is 2. The Morgan fingerprint density at radius 2 is 1.97 bits per heavy atom. The molecule has 1 amide bonds. The van der Waals surface area contributed by atoms with Crippen LogP contribution in [0, 0.1) is 6.92 Å². The fourth-order valence-corrected chi connectivity index (χ4v) is 4.45. The third-order valence-electron chi connectivity index (χ3n) is 6.22. The third kappa shape index (κ3) is 3.34. The molecule has 4 heterocycles. The van der Waals surface area contributed by atoms with Crippen molar-refractivity contribution in [2.45, 2.75) is 38.8 Å². The molecule has 31 heavy (non-hydrogen) atoms. The SMILES string of the molecule is Cc1c(C(=O)NC2CCc3nnc(-c4ccncc4)n3CC2)c2cc(O)ccc2n1C. The number of fused-ring (bicyclic) bond motifs is 2. The highest BCUT2D eigenvalue weighted by Gasteiger charge is 2.25. The van der Waals surface area contributed by atoms with Crippen LogP contribution in [-0.4, -0.2) is 41.4 Å². The molecule has 2 N–H and O–H groups in total. The summed E-state index contributed by atoms with van der Waals surface area (Å²) in [5, 5.41) is 22.7. The first-order valence-electron chi connectivity index (χ1n) is 10.4. The molecule has 0 fully saturated rings. The summed E-state index contributed by atoms with van der Waals surface area (Å²) in [6, 6.07) is 9.04. The van der Waals surface area contributed by atoms with E-state index in [1.54, 1.807) is 24.5 Å². The zero-order valence-electron chi connectivity index (χ0n) is 17.5. The third-order valence-corrected chi connectivity index (χ3v) is 6.22. The molecule has 1 unspecified atom stereocenters. The largest absolute Gasteiger partial charge is 0.508 e. The van der Waals surface area contributed by atoms with Crippen molar-refractivity contribution >= 4 is 16.8 Å². The van der Waals surface area contributed by atoms with Crippen LogP contribution in [0.2, 0.25) is 0 Å². The van der Waals surface area contributed by atoms with Gasteiger partial charge < -0.3 is 19.6 Å². The Bertz CT molecular complexity index is 1270. The van der Waals surface area contributed by atoms with E-state index in [0.29, 0.717) is 5.56 Å². The smallest absolute Gasteiger partial charge is 0.253 e. The van der Waals surface area contributed by atoms with Crippen LogP contribution in [0.3, 0.4) is 0 Å². The van der Waals surface area contributed by atoms with Crippen molar-refractivity contribution in [3.05, 3.63) is 59.8 Å². The lowest BCUT2D eigenvalue weighted by Gasteiger charge is -2.16. The van der Waals surface area contributed by atoms with E-state index in [4.69, 9.17) is 0 Å². The normalized spacial score (nSPS) is 16.1. The van der Waals surface area contributed by atoms with Crippen molar-refractivity contribution in [3.63, 3.8) is 0 Å². The molecule has 1 atom stereocenters. The first-order valence-corrected chi connectivity index (χ1v) is 10.4. The minimum absolute atomic E-state index is 0.0338. The Kier molecular flexibility index (Phi) is 4.69. The van der Waals surface area contributed by atoms with E-state index < -0.39 is 0 Å². The number of aryl methyl sites for hydroxylation is 2. The number of carbonyl (C=O) groups is 1. The maximum Gasteiger partial charge on any atom is 0.253 e. The Hall–Kier alpha value is -3.68. The number of aromatic hydroxyl groups is 1. The van der Waals surface area contributed by atoms with E-state index in [1.165, 1.54) is 0 Å². The van der Waals surface area contributed by atoms with Crippen LogP contribution in [0.1, 0.15) is 34.7 Å². The zero-order valence-corrected chi connectivity index (χ0v) is 17.5. The highest BCUT2D eigenvalue weighted by molar-refractivity contribution is 6.08. The fourth-order valence-electron chi connectivity index (χ4n) is 4.45. The van der Waals surface area contributed by atoms with Crippen molar-refractivity contribution in [1.29, 1.82) is 0 Å². The molecule has 8 heteroatoms. The summed E-state index contributed by atoms with van der Waals surface area (Å²) in [6.07, 6.45) is 5.85. The number of amides is 1. The lowest BCUT2D eigenvalue weighted by Crippen LogP contribution is -2.35. The predicted octanol–water partition coefficient (Wildman–Crippen LogP) is 2.98. The van der Waals surface area contributed by atoms with Gasteiger partial charge in [-0.3, -0.25) is 9.78 Å². The standard InChI is InChI=1S/C23H24N6O2/c1-14-21(18-13-17(30)4-5-19(18)28(14)2)23(31)25-16-3-6-20-26-27-22(29(20)12-9-16)15-7-10-24-11-8-15/h4-5,7-8,10-11,13,16,30H,3,6,9,12H2,1-2H3,(H,25,31). The second-order valence-electron chi connectivity index (χ2n) is 8.05. The van der Waals surface area contributed by atoms with Gasteiger partial charge in [0.15, 0.2) is 5.82 Å². The molecule has 4 aromatic rings. The van der Waals surface area contributed by atoms with Crippen LogP contribution in [-0.2, 0) is 20.0 Å². The highest BCUT2D eigenvalue weighted by Crippen LogP contribution is 2.29. The number of carbonyl (C=O) groups excluding carboxylic acids is 1. The Morgan fingerprint density at radius 3 is 2.77 bits per heavy atom. The number of nitrogens with zero attached hydrogens (tertiary/aromatic N) is 5. The van der Waals surface area contributed by atoms with Crippen LogP contribution >= 0.6 is 0 Å². The maximum atomic E-state index is 13.2. The van der Waals surface area contributed by atoms with Gasteiger partial charge in [-0.1, -0.05) is 0 Å². The topological polar surface area (TPSA) is 97.9 Å². The number of phenolic OH excluding ortho intramolecular Hbond substituents is 1. The molecule has 158 valence electrons. The number of rotatable bonds is 3. The summed E-state index contributed by atoms with van der Waals surface area (Å²) in [4.78, 5) is 17.3. The van der Waals surface area contributed by atoms with Crippen LogP contribution in [0.4, 0.5) is 0 Å². The van der Waals surface area contributed by atoms with Gasteiger partial charge in [-0.25, -0.2) is 0 Å². The predicted molar refractivity (Wildman–Crippen MR) is 117 cm³/mol. The van der Waals surface area contributed by atoms with E-state index in [1.807, 2.05) is 36.7 Å². The first-order chi connectivity index (χ1) is 15.0. The van der Waals surface area contributed by atoms with E-state index in [-0.39, 0.29) is 17.7 Å². The molecule has 0 radical (unpaired) electrons. The second-order valence-corrected chi connectivity index (χ2v) is 8.05. The zero-order chi connectivity index (χ0) is 21.5. The summed E-state index contributed by atoms with van der Waals surface area (Å²) in [5.74, 6) is 1.83. The molecule has 0 saturated carbocycles. The summed E-state index contributed by atoms with van der Waals surface area (Å²) in [7, 11) is 1.93. The van der Waals surface area contributed by atoms with Crippen molar-refractivity contribution in [1.82, 2.24) is 29.6 Å². The highest BCUT2D eigenvalue weighted by atomic mass is 16.3.